The maximum absolute atomic E-state index is 10.3. The zero-order chi connectivity index (χ0) is 16.3. The van der Waals surface area contributed by atoms with Crippen molar-refractivity contribution in [2.45, 2.75) is 19.4 Å². The number of aliphatic hydroxyl groups is 1. The highest BCUT2D eigenvalue weighted by atomic mass is 16.5. The third-order valence-corrected chi connectivity index (χ3v) is 3.57. The van der Waals surface area contributed by atoms with Crippen LogP contribution in [0.25, 0.3) is 11.1 Å². The van der Waals surface area contributed by atoms with E-state index in [9.17, 15) is 15.3 Å². The molecule has 0 saturated heterocycles. The molecule has 0 fully saturated rings. The zero-order valence-corrected chi connectivity index (χ0v) is 12.7. The molecule has 2 aromatic rings. The standard InChI is InChI=1S/C18H20O4/c1-11(2)16(20)10-15-17(21)8-13(9-18(15)22-3)12-4-6-14(19)7-5-12/h4-9,16,19-21H,1,10H2,2-3H3/t16-/m1/s1. The molecule has 0 spiro atoms. The summed E-state index contributed by atoms with van der Waals surface area (Å²) in [5, 5.41) is 29.6. The van der Waals surface area contributed by atoms with Crippen LogP contribution in [-0.4, -0.2) is 28.5 Å². The van der Waals surface area contributed by atoms with Gasteiger partial charge in [0, 0.05) is 12.0 Å². The smallest absolute Gasteiger partial charge is 0.126 e. The van der Waals surface area contributed by atoms with Gasteiger partial charge in [0.2, 0.25) is 0 Å². The van der Waals surface area contributed by atoms with Crippen molar-refractivity contribution in [3.63, 3.8) is 0 Å². The van der Waals surface area contributed by atoms with Crippen molar-refractivity contribution in [3.05, 3.63) is 54.1 Å². The molecule has 4 heteroatoms. The van der Waals surface area contributed by atoms with Crippen LogP contribution in [-0.2, 0) is 6.42 Å². The number of hydrogen-bond acceptors (Lipinski definition) is 4. The van der Waals surface area contributed by atoms with Gasteiger partial charge < -0.3 is 20.1 Å². The molecule has 0 radical (unpaired) electrons. The molecule has 22 heavy (non-hydrogen) atoms. The molecule has 0 aliphatic rings. The Morgan fingerprint density at radius 3 is 2.32 bits per heavy atom. The first-order chi connectivity index (χ1) is 10.4. The van der Waals surface area contributed by atoms with E-state index in [0.717, 1.165) is 11.1 Å². The van der Waals surface area contributed by atoms with Gasteiger partial charge in [-0.25, -0.2) is 0 Å². The van der Waals surface area contributed by atoms with Crippen molar-refractivity contribution in [2.24, 2.45) is 0 Å². The fourth-order valence-electron chi connectivity index (χ4n) is 2.21. The monoisotopic (exact) mass is 300 g/mol. The van der Waals surface area contributed by atoms with E-state index in [2.05, 4.69) is 6.58 Å². The van der Waals surface area contributed by atoms with Crippen LogP contribution in [0.1, 0.15) is 12.5 Å². The van der Waals surface area contributed by atoms with E-state index in [4.69, 9.17) is 4.74 Å². The number of phenolic OH excluding ortho intramolecular Hbond substituents is 2. The molecule has 0 aliphatic carbocycles. The first-order valence-electron chi connectivity index (χ1n) is 6.95. The van der Waals surface area contributed by atoms with Crippen molar-refractivity contribution in [1.82, 2.24) is 0 Å². The van der Waals surface area contributed by atoms with E-state index in [-0.39, 0.29) is 17.9 Å². The number of hydrogen-bond donors (Lipinski definition) is 3. The fourth-order valence-corrected chi connectivity index (χ4v) is 2.21. The Bertz CT molecular complexity index is 674. The van der Waals surface area contributed by atoms with Gasteiger partial charge in [-0.2, -0.15) is 0 Å². The van der Waals surface area contributed by atoms with Crippen LogP contribution in [0.3, 0.4) is 0 Å². The molecule has 116 valence electrons. The number of methoxy groups -OCH3 is 1. The molecular formula is C18H20O4. The second-order valence-corrected chi connectivity index (χ2v) is 5.29. The molecule has 0 amide bonds. The Labute approximate surface area is 129 Å². The second-order valence-electron chi connectivity index (χ2n) is 5.29. The van der Waals surface area contributed by atoms with E-state index in [1.165, 1.54) is 7.11 Å². The summed E-state index contributed by atoms with van der Waals surface area (Å²) in [5.41, 5.74) is 2.78. The molecule has 1 atom stereocenters. The highest BCUT2D eigenvalue weighted by molar-refractivity contribution is 5.69. The molecule has 0 heterocycles. The van der Waals surface area contributed by atoms with Gasteiger partial charge in [-0.05, 0) is 42.3 Å². The maximum atomic E-state index is 10.3. The molecule has 0 bridgehead atoms. The highest BCUT2D eigenvalue weighted by Gasteiger charge is 2.16. The van der Waals surface area contributed by atoms with E-state index in [1.807, 2.05) is 0 Å². The molecule has 0 unspecified atom stereocenters. The van der Waals surface area contributed by atoms with Crippen molar-refractivity contribution in [3.8, 4) is 28.4 Å². The number of benzene rings is 2. The Hall–Kier alpha value is -2.46. The van der Waals surface area contributed by atoms with Gasteiger partial charge in [0.25, 0.3) is 0 Å². The van der Waals surface area contributed by atoms with Gasteiger partial charge in [-0.3, -0.25) is 0 Å². The summed E-state index contributed by atoms with van der Waals surface area (Å²) in [6, 6.07) is 10.1. The average molecular weight is 300 g/mol. The minimum atomic E-state index is -0.737. The minimum Gasteiger partial charge on any atom is -0.508 e. The second kappa shape index (κ2) is 6.54. The van der Waals surface area contributed by atoms with Gasteiger partial charge in [0.15, 0.2) is 0 Å². The first kappa shape index (κ1) is 15.9. The molecule has 0 aromatic heterocycles. The largest absolute Gasteiger partial charge is 0.508 e. The summed E-state index contributed by atoms with van der Waals surface area (Å²) in [6.45, 7) is 5.45. The van der Waals surface area contributed by atoms with Crippen LogP contribution >= 0.6 is 0 Å². The van der Waals surface area contributed by atoms with Crippen molar-refractivity contribution < 1.29 is 20.1 Å². The lowest BCUT2D eigenvalue weighted by atomic mass is 9.97. The lowest BCUT2D eigenvalue weighted by Crippen LogP contribution is -2.12. The van der Waals surface area contributed by atoms with E-state index in [0.29, 0.717) is 16.9 Å². The summed E-state index contributed by atoms with van der Waals surface area (Å²) in [4.78, 5) is 0. The van der Waals surface area contributed by atoms with Gasteiger partial charge >= 0.3 is 0 Å². The predicted octanol–water partition coefficient (Wildman–Crippen LogP) is 3.25. The molecular weight excluding hydrogens is 280 g/mol. The molecule has 2 aromatic carbocycles. The van der Waals surface area contributed by atoms with E-state index >= 15 is 0 Å². The SMILES string of the molecule is C=C(C)[C@H](O)Cc1c(O)cc(-c2ccc(O)cc2)cc1OC. The first-order valence-corrected chi connectivity index (χ1v) is 6.95. The normalized spacial score (nSPS) is 12.0. The number of aromatic hydroxyl groups is 2. The van der Waals surface area contributed by atoms with Crippen molar-refractivity contribution in [1.29, 1.82) is 0 Å². The summed E-state index contributed by atoms with van der Waals surface area (Å²) in [5.74, 6) is 0.743. The summed E-state index contributed by atoms with van der Waals surface area (Å²) in [7, 11) is 1.52. The van der Waals surface area contributed by atoms with Crippen molar-refractivity contribution in [2.75, 3.05) is 7.11 Å². The Morgan fingerprint density at radius 2 is 1.77 bits per heavy atom. The summed E-state index contributed by atoms with van der Waals surface area (Å²) >= 11 is 0. The van der Waals surface area contributed by atoms with Gasteiger partial charge in [0.05, 0.1) is 13.2 Å². The molecule has 3 N–H and O–H groups in total. The van der Waals surface area contributed by atoms with E-state index < -0.39 is 6.10 Å². The number of aliphatic hydroxyl groups excluding tert-OH is 1. The van der Waals surface area contributed by atoms with Gasteiger partial charge in [-0.15, -0.1) is 0 Å². The fraction of sp³-hybridized carbons (Fsp3) is 0.222. The zero-order valence-electron chi connectivity index (χ0n) is 12.7. The van der Waals surface area contributed by atoms with Crippen LogP contribution < -0.4 is 4.74 Å². The predicted molar refractivity (Wildman–Crippen MR) is 86.3 cm³/mol. The van der Waals surface area contributed by atoms with Crippen LogP contribution in [0.15, 0.2) is 48.6 Å². The van der Waals surface area contributed by atoms with Crippen molar-refractivity contribution >= 4 is 0 Å². The summed E-state index contributed by atoms with van der Waals surface area (Å²) < 4.78 is 5.34. The number of phenols is 2. The number of rotatable bonds is 5. The number of ether oxygens (including phenoxy) is 1. The Balaban J connectivity index is 2.43. The molecule has 2 rings (SSSR count). The lowest BCUT2D eigenvalue weighted by molar-refractivity contribution is 0.209. The van der Waals surface area contributed by atoms with Crippen LogP contribution in [0, 0.1) is 0 Å². The molecule has 4 nitrogen and oxygen atoms in total. The van der Waals surface area contributed by atoms with Gasteiger partial charge in [-0.1, -0.05) is 24.3 Å². The summed E-state index contributed by atoms with van der Waals surface area (Å²) in [6.07, 6.45) is -0.500. The third-order valence-electron chi connectivity index (χ3n) is 3.57. The highest BCUT2D eigenvalue weighted by Crippen LogP contribution is 2.36. The van der Waals surface area contributed by atoms with Crippen LogP contribution in [0.4, 0.5) is 0 Å². The van der Waals surface area contributed by atoms with Gasteiger partial charge in [0.1, 0.15) is 17.2 Å². The third kappa shape index (κ3) is 3.40. The Morgan fingerprint density at radius 1 is 1.14 bits per heavy atom. The maximum Gasteiger partial charge on any atom is 0.126 e. The lowest BCUT2D eigenvalue weighted by Gasteiger charge is -2.16. The average Bonchev–Trinajstić information content (AvgIpc) is 2.49. The Kier molecular flexibility index (Phi) is 4.73. The topological polar surface area (TPSA) is 69.9 Å². The molecule has 0 saturated carbocycles. The van der Waals surface area contributed by atoms with Crippen LogP contribution in [0.2, 0.25) is 0 Å². The van der Waals surface area contributed by atoms with E-state index in [1.54, 1.807) is 43.3 Å². The van der Waals surface area contributed by atoms with Crippen LogP contribution in [0.5, 0.6) is 17.2 Å². The molecule has 0 aliphatic heterocycles. The minimum absolute atomic E-state index is 0.0581. The quantitative estimate of drug-likeness (QED) is 0.741.